The molecule has 2 aliphatic heterocycles. The van der Waals surface area contributed by atoms with E-state index in [0.717, 1.165) is 11.8 Å². The molecule has 2 heteroatoms. The molecule has 0 radical (unpaired) electrons. The highest BCUT2D eigenvalue weighted by Crippen LogP contribution is 2.29. The minimum atomic E-state index is 0.984. The number of piperidine rings is 2. The predicted molar refractivity (Wildman–Crippen MR) is 65.1 cm³/mol. The van der Waals surface area contributed by atoms with Crippen LogP contribution in [0.4, 0.5) is 0 Å². The average molecular weight is 210 g/mol. The van der Waals surface area contributed by atoms with Crippen LogP contribution in [-0.4, -0.2) is 49.6 Å². The first-order valence-corrected chi connectivity index (χ1v) is 6.70. The van der Waals surface area contributed by atoms with Gasteiger partial charge in [-0.3, -0.25) is 0 Å². The van der Waals surface area contributed by atoms with E-state index in [2.05, 4.69) is 23.8 Å². The Bertz CT molecular complexity index is 193. The van der Waals surface area contributed by atoms with Gasteiger partial charge in [-0.25, -0.2) is 0 Å². The molecular weight excluding hydrogens is 184 g/mol. The molecule has 0 saturated carbocycles. The number of likely N-dealkylation sites (tertiary alicyclic amines) is 2. The van der Waals surface area contributed by atoms with Crippen LogP contribution < -0.4 is 0 Å². The van der Waals surface area contributed by atoms with Crippen molar-refractivity contribution >= 4 is 0 Å². The SMILES string of the molecule is CCN1CCC[C@H](C2CCCN(C)C2)C1. The highest BCUT2D eigenvalue weighted by molar-refractivity contribution is 4.82. The molecule has 2 fully saturated rings. The first kappa shape index (κ1) is 11.4. The topological polar surface area (TPSA) is 6.48 Å². The molecule has 15 heavy (non-hydrogen) atoms. The Morgan fingerprint density at radius 2 is 1.67 bits per heavy atom. The molecule has 2 rings (SSSR count). The Hall–Kier alpha value is -0.0800. The van der Waals surface area contributed by atoms with Crippen LogP contribution >= 0.6 is 0 Å². The monoisotopic (exact) mass is 210 g/mol. The molecular formula is C13H26N2. The molecule has 88 valence electrons. The summed E-state index contributed by atoms with van der Waals surface area (Å²) >= 11 is 0. The number of hydrogen-bond donors (Lipinski definition) is 0. The highest BCUT2D eigenvalue weighted by Gasteiger charge is 2.28. The molecule has 2 aliphatic rings. The minimum absolute atomic E-state index is 0.984. The van der Waals surface area contributed by atoms with Crippen molar-refractivity contribution in [3.63, 3.8) is 0 Å². The van der Waals surface area contributed by atoms with Gasteiger partial charge in [-0.1, -0.05) is 6.92 Å². The largest absolute Gasteiger partial charge is 0.306 e. The van der Waals surface area contributed by atoms with Crippen LogP contribution in [0.2, 0.25) is 0 Å². The van der Waals surface area contributed by atoms with E-state index in [4.69, 9.17) is 0 Å². The van der Waals surface area contributed by atoms with Gasteiger partial charge in [0.15, 0.2) is 0 Å². The highest BCUT2D eigenvalue weighted by atomic mass is 15.1. The van der Waals surface area contributed by atoms with Crippen LogP contribution in [0, 0.1) is 11.8 Å². The molecule has 2 nitrogen and oxygen atoms in total. The third-order valence-electron chi connectivity index (χ3n) is 4.32. The van der Waals surface area contributed by atoms with Crippen molar-refractivity contribution in [2.75, 3.05) is 39.8 Å². The number of rotatable bonds is 2. The Balaban J connectivity index is 1.86. The second-order valence-corrected chi connectivity index (χ2v) is 5.46. The molecule has 0 aromatic carbocycles. The lowest BCUT2D eigenvalue weighted by Crippen LogP contribution is -2.43. The van der Waals surface area contributed by atoms with Crippen LogP contribution in [0.1, 0.15) is 32.6 Å². The van der Waals surface area contributed by atoms with E-state index in [-0.39, 0.29) is 0 Å². The van der Waals surface area contributed by atoms with Gasteiger partial charge in [-0.2, -0.15) is 0 Å². The zero-order valence-corrected chi connectivity index (χ0v) is 10.4. The van der Waals surface area contributed by atoms with Crippen LogP contribution in [0.3, 0.4) is 0 Å². The summed E-state index contributed by atoms with van der Waals surface area (Å²) in [5.74, 6) is 1.97. The average Bonchev–Trinajstić information content (AvgIpc) is 2.29. The van der Waals surface area contributed by atoms with Gasteiger partial charge in [0.05, 0.1) is 0 Å². The molecule has 0 bridgehead atoms. The molecule has 2 saturated heterocycles. The molecule has 2 heterocycles. The quantitative estimate of drug-likeness (QED) is 0.688. The van der Waals surface area contributed by atoms with Crippen molar-refractivity contribution in [3.05, 3.63) is 0 Å². The van der Waals surface area contributed by atoms with E-state index in [9.17, 15) is 0 Å². The smallest absolute Gasteiger partial charge is 0.00127 e. The Morgan fingerprint density at radius 3 is 2.33 bits per heavy atom. The van der Waals surface area contributed by atoms with Crippen LogP contribution in [0.5, 0.6) is 0 Å². The molecule has 0 aliphatic carbocycles. The molecule has 0 spiro atoms. The summed E-state index contributed by atoms with van der Waals surface area (Å²) in [6.07, 6.45) is 5.81. The lowest BCUT2D eigenvalue weighted by atomic mass is 9.81. The summed E-state index contributed by atoms with van der Waals surface area (Å²) in [7, 11) is 2.28. The first-order valence-electron chi connectivity index (χ1n) is 6.70. The van der Waals surface area contributed by atoms with Gasteiger partial charge in [-0.05, 0) is 64.2 Å². The standard InChI is InChI=1S/C13H26N2/c1-3-15-9-5-7-13(11-15)12-6-4-8-14(2)10-12/h12-13H,3-11H2,1-2H3/t12?,13-/m0/s1. The summed E-state index contributed by atoms with van der Waals surface area (Å²) < 4.78 is 0. The van der Waals surface area contributed by atoms with Crippen LogP contribution in [0.25, 0.3) is 0 Å². The lowest BCUT2D eigenvalue weighted by Gasteiger charge is -2.40. The van der Waals surface area contributed by atoms with E-state index in [1.165, 1.54) is 58.4 Å². The van der Waals surface area contributed by atoms with Gasteiger partial charge in [0.25, 0.3) is 0 Å². The fourth-order valence-corrected chi connectivity index (χ4v) is 3.35. The van der Waals surface area contributed by atoms with Crippen molar-refractivity contribution in [1.82, 2.24) is 9.80 Å². The normalized spacial score (nSPS) is 35.6. The predicted octanol–water partition coefficient (Wildman–Crippen LogP) is 2.06. The second kappa shape index (κ2) is 5.31. The van der Waals surface area contributed by atoms with Gasteiger partial charge in [0.2, 0.25) is 0 Å². The van der Waals surface area contributed by atoms with Gasteiger partial charge in [0.1, 0.15) is 0 Å². The lowest BCUT2D eigenvalue weighted by molar-refractivity contribution is 0.0916. The second-order valence-electron chi connectivity index (χ2n) is 5.46. The molecule has 0 aromatic rings. The molecule has 0 N–H and O–H groups in total. The molecule has 0 aromatic heterocycles. The summed E-state index contributed by atoms with van der Waals surface area (Å²) in [5.41, 5.74) is 0. The van der Waals surface area contributed by atoms with E-state index < -0.39 is 0 Å². The van der Waals surface area contributed by atoms with Crippen LogP contribution in [-0.2, 0) is 0 Å². The third-order valence-corrected chi connectivity index (χ3v) is 4.32. The summed E-state index contributed by atoms with van der Waals surface area (Å²) in [4.78, 5) is 5.17. The molecule has 2 atom stereocenters. The van der Waals surface area contributed by atoms with Gasteiger partial charge in [0, 0.05) is 13.1 Å². The Kier molecular flexibility index (Phi) is 4.04. The van der Waals surface area contributed by atoms with Crippen molar-refractivity contribution in [2.45, 2.75) is 32.6 Å². The van der Waals surface area contributed by atoms with E-state index >= 15 is 0 Å². The van der Waals surface area contributed by atoms with E-state index in [1.54, 1.807) is 0 Å². The molecule has 1 unspecified atom stereocenters. The zero-order chi connectivity index (χ0) is 10.7. The van der Waals surface area contributed by atoms with Gasteiger partial charge in [-0.15, -0.1) is 0 Å². The molecule has 0 amide bonds. The van der Waals surface area contributed by atoms with Gasteiger partial charge < -0.3 is 9.80 Å². The minimum Gasteiger partial charge on any atom is -0.306 e. The first-order chi connectivity index (χ1) is 7.29. The van der Waals surface area contributed by atoms with E-state index in [1.807, 2.05) is 0 Å². The van der Waals surface area contributed by atoms with Crippen molar-refractivity contribution in [3.8, 4) is 0 Å². The van der Waals surface area contributed by atoms with Crippen molar-refractivity contribution in [1.29, 1.82) is 0 Å². The zero-order valence-electron chi connectivity index (χ0n) is 10.4. The Morgan fingerprint density at radius 1 is 1.00 bits per heavy atom. The summed E-state index contributed by atoms with van der Waals surface area (Å²) in [6.45, 7) is 8.93. The maximum atomic E-state index is 2.64. The summed E-state index contributed by atoms with van der Waals surface area (Å²) in [6, 6.07) is 0. The maximum Gasteiger partial charge on any atom is 0.00127 e. The number of hydrogen-bond acceptors (Lipinski definition) is 2. The maximum absolute atomic E-state index is 2.64. The van der Waals surface area contributed by atoms with Crippen molar-refractivity contribution in [2.24, 2.45) is 11.8 Å². The van der Waals surface area contributed by atoms with Gasteiger partial charge >= 0.3 is 0 Å². The third kappa shape index (κ3) is 2.94. The fraction of sp³-hybridized carbons (Fsp3) is 1.00. The van der Waals surface area contributed by atoms with Crippen molar-refractivity contribution < 1.29 is 0 Å². The number of nitrogens with zero attached hydrogens (tertiary/aromatic N) is 2. The summed E-state index contributed by atoms with van der Waals surface area (Å²) in [5, 5.41) is 0. The Labute approximate surface area is 94.6 Å². The van der Waals surface area contributed by atoms with Crippen LogP contribution in [0.15, 0.2) is 0 Å². The fourth-order valence-electron chi connectivity index (χ4n) is 3.35. The van der Waals surface area contributed by atoms with E-state index in [0.29, 0.717) is 0 Å².